The molecule has 8 aromatic rings. The summed E-state index contributed by atoms with van der Waals surface area (Å²) in [5.74, 6) is 3.92. The van der Waals surface area contributed by atoms with Crippen molar-refractivity contribution >= 4 is 45.3 Å². The van der Waals surface area contributed by atoms with Gasteiger partial charge in [0.2, 0.25) is 0 Å². The molecule has 0 amide bonds. The van der Waals surface area contributed by atoms with Crippen molar-refractivity contribution in [3.8, 4) is 0 Å². The number of aromatic nitrogens is 7. The fourth-order valence-corrected chi connectivity index (χ4v) is 20.8. The van der Waals surface area contributed by atoms with Gasteiger partial charge in [0.25, 0.3) is 0 Å². The van der Waals surface area contributed by atoms with Crippen LogP contribution in [0.1, 0.15) is 527 Å². The van der Waals surface area contributed by atoms with Gasteiger partial charge in [-0.3, -0.25) is 4.90 Å². The monoisotopic (exact) mass is 1860 g/mol. The Balaban J connectivity index is 0.00000142. The first-order valence-corrected chi connectivity index (χ1v) is 51.7. The molecule has 0 unspecified atom stereocenters. The molecule has 1 fully saturated rings. The molecule has 11 nitrogen and oxygen atoms in total. The van der Waals surface area contributed by atoms with Crippen LogP contribution in [0.2, 0.25) is 0 Å². The van der Waals surface area contributed by atoms with E-state index in [1.165, 1.54) is 98.6 Å². The number of aromatic amines is 2. The van der Waals surface area contributed by atoms with Gasteiger partial charge in [0.15, 0.2) is 5.89 Å². The van der Waals surface area contributed by atoms with Gasteiger partial charge in [-0.05, 0) is 164 Å². The molecule has 9 heterocycles. The average molecular weight is 1870 g/mol. The molecule has 1 atom stereocenters. The molecule has 0 aromatic carbocycles. The molecule has 744 valence electrons. The number of nitrogens with one attached hydrogen (secondary N) is 2. The molecule has 8 aromatic heterocycles. The van der Waals surface area contributed by atoms with Gasteiger partial charge >= 0.3 is 0 Å². The number of aryl methyl sites for hydroxylation is 5. The standard InChI is InChI=1S/C14H25N.2C14H24S.C12H22N2.2C12H21NO.2C12H21NS.C9H19NO.C3H8/c1-9-10(2)12(14(6,7)8)15-11(9)13(3,4)5;1-9-11(13(3,4)5)10(2)15-12(9)14(6,7)8;1-9-10(2)12(14(6,7)8)15-11(9)13(3,4)5;2*1-8-9(11(2,3)4)14-10(13-8)12(5,6)7;1-8-9(11(2,3)4)13-14-10(8)12(5,6)7;1-8-9(11(2,3)4)13-10(14-8)12(5,6)7;1-8-9(11(2,3)4)14-10(13-8)12(5,6)7;1-8-7-10(5-6-11-8)9(2,3)4;1-3-2/h15H,1-8H3;2*1-8H3;1-7H3,(H,13,14);4*1-7H3;8H,5-7H2,1-4H3;3H2,1-2H3/t;;;;;;;;8-;/m........0./s1. The van der Waals surface area contributed by atoms with Crippen LogP contribution in [-0.2, 0) is 91.4 Å². The zero-order chi connectivity index (χ0) is 103. The molecule has 15 heteroatoms. The molecular formula is C114H206N8O3S4. The first kappa shape index (κ1) is 124. The van der Waals surface area contributed by atoms with Crippen molar-refractivity contribution in [1.29, 1.82) is 0 Å². The summed E-state index contributed by atoms with van der Waals surface area (Å²) in [5, 5.41) is 6.68. The van der Waals surface area contributed by atoms with Crippen molar-refractivity contribution in [3.63, 3.8) is 0 Å². The summed E-state index contributed by atoms with van der Waals surface area (Å²) in [4.78, 5) is 37.0. The number of H-pyrrole nitrogens is 2. The van der Waals surface area contributed by atoms with E-state index in [2.05, 4.69) is 473 Å². The molecule has 129 heavy (non-hydrogen) atoms. The molecule has 0 saturated carbocycles. The van der Waals surface area contributed by atoms with Crippen molar-refractivity contribution < 1.29 is 13.7 Å². The van der Waals surface area contributed by atoms with E-state index in [9.17, 15) is 0 Å². The number of oxazole rings is 1. The quantitative estimate of drug-likeness (QED) is 0.152. The van der Waals surface area contributed by atoms with Crippen LogP contribution in [0, 0.1) is 76.2 Å². The normalized spacial score (nSPS) is 14.5. The van der Waals surface area contributed by atoms with Gasteiger partial charge in [-0.1, -0.05) is 358 Å². The van der Waals surface area contributed by atoms with Crippen LogP contribution in [0.5, 0.6) is 0 Å². The Hall–Kier alpha value is -4.51. The third-order valence-corrected chi connectivity index (χ3v) is 29.1. The van der Waals surface area contributed by atoms with Crippen LogP contribution >= 0.6 is 45.3 Å². The largest absolute Gasteiger partial charge is 0.444 e. The molecule has 0 radical (unpaired) electrons. The van der Waals surface area contributed by atoms with E-state index >= 15 is 0 Å². The number of rotatable bonds is 0. The summed E-state index contributed by atoms with van der Waals surface area (Å²) in [5.41, 5.74) is 22.8. The van der Waals surface area contributed by atoms with Gasteiger partial charge in [-0.2, -0.15) is 0 Å². The number of hydrogen-bond acceptors (Lipinski definition) is 13. The summed E-state index contributed by atoms with van der Waals surface area (Å²) in [6.45, 7) is 147. The lowest BCUT2D eigenvalue weighted by atomic mass is 9.81. The zero-order valence-corrected chi connectivity index (χ0v) is 100. The van der Waals surface area contributed by atoms with Crippen LogP contribution in [-0.4, -0.2) is 71.3 Å². The van der Waals surface area contributed by atoms with Crippen molar-refractivity contribution in [2.24, 2.45) is 0 Å². The summed E-state index contributed by atoms with van der Waals surface area (Å²) in [6.07, 6.45) is 1.66. The van der Waals surface area contributed by atoms with E-state index in [1.807, 2.05) is 52.3 Å². The highest BCUT2D eigenvalue weighted by Gasteiger charge is 2.36. The van der Waals surface area contributed by atoms with E-state index in [0.29, 0.717) is 11.6 Å². The second kappa shape index (κ2) is 45.2. The van der Waals surface area contributed by atoms with Gasteiger partial charge in [0.05, 0.1) is 51.2 Å². The molecular weight excluding hydrogens is 1660 g/mol. The molecule has 1 aliphatic heterocycles. The first-order valence-electron chi connectivity index (χ1n) is 48.5. The zero-order valence-electron chi connectivity index (χ0n) is 96.9. The van der Waals surface area contributed by atoms with Crippen molar-refractivity contribution in [2.75, 3.05) is 19.7 Å². The van der Waals surface area contributed by atoms with E-state index in [-0.39, 0.29) is 86.6 Å². The number of imidazole rings is 1. The summed E-state index contributed by atoms with van der Waals surface area (Å²) in [6, 6.07) is 0. The molecule has 0 spiro atoms. The van der Waals surface area contributed by atoms with Gasteiger partial charge < -0.3 is 23.6 Å². The van der Waals surface area contributed by atoms with E-state index in [0.717, 1.165) is 54.3 Å². The van der Waals surface area contributed by atoms with Crippen molar-refractivity contribution in [2.45, 2.75) is 555 Å². The number of hydrogen-bond donors (Lipinski definition) is 2. The topological polar surface area (TPSA) is 135 Å². The van der Waals surface area contributed by atoms with Crippen molar-refractivity contribution in [3.05, 3.63) is 147 Å². The summed E-state index contributed by atoms with van der Waals surface area (Å²) < 4.78 is 16.7. The minimum Gasteiger partial charge on any atom is -0.444 e. The SMILES string of the molecule is CCC.C[C@H]1CN(C(C)(C)C)CCO1.Cc1[nH]c(C(C)(C)C)nc1C(C)(C)C.Cc1c(C(C)(C)C)[nH]c(C(C)(C)C)c1C.Cc1c(C(C)(C)C)noc1C(C)(C)C.Cc1c(C(C)(C)C)sc(C(C)(C)C)c1C.Cc1nc(C(C)(C)C)oc1C(C)(C)C.Cc1nc(C(C)(C)C)sc1C(C)(C)C.Cc1sc(C(C)(C)C)c(C)c1C(C)(C)C.Cc1sc(C(C)(C)C)nc1C(C)(C)C. The van der Waals surface area contributed by atoms with Crippen molar-refractivity contribution in [1.82, 2.24) is 40.0 Å². The van der Waals surface area contributed by atoms with Gasteiger partial charge in [-0.15, -0.1) is 45.3 Å². The Bertz CT molecular complexity index is 4210. The fourth-order valence-electron chi connectivity index (χ4n) is 15.6. The molecule has 9 rings (SSSR count). The number of ether oxygens (including phenoxy) is 1. The maximum atomic E-state index is 5.83. The van der Waals surface area contributed by atoms with Gasteiger partial charge in [-0.25, -0.2) is 19.9 Å². The first-order chi connectivity index (χ1) is 56.7. The maximum Gasteiger partial charge on any atom is 0.200 e. The fraction of sp³-hybridized carbons (Fsp3) is 0.763. The Morgan fingerprint density at radius 2 is 0.705 bits per heavy atom. The number of nitrogens with zero attached hydrogens (tertiary/aromatic N) is 6. The Kier molecular flexibility index (Phi) is 43.6. The number of thiazole rings is 2. The summed E-state index contributed by atoms with van der Waals surface area (Å²) >= 11 is 7.67. The predicted molar refractivity (Wildman–Crippen MR) is 579 cm³/mol. The van der Waals surface area contributed by atoms with E-state index < -0.39 is 0 Å². The van der Waals surface area contributed by atoms with E-state index in [1.54, 1.807) is 20.2 Å². The molecule has 1 saturated heterocycles. The lowest BCUT2D eigenvalue weighted by Crippen LogP contribution is -2.50. The molecule has 1 aliphatic rings. The van der Waals surface area contributed by atoms with Gasteiger partial charge in [0, 0.05) is 130 Å². The van der Waals surface area contributed by atoms with Gasteiger partial charge in [0.1, 0.15) is 17.3 Å². The predicted octanol–water partition coefficient (Wildman–Crippen LogP) is 35.6. The molecule has 0 bridgehead atoms. The second-order valence-electron chi connectivity index (χ2n) is 54.5. The Morgan fingerprint density at radius 3 is 0.907 bits per heavy atom. The number of thiophene rings is 2. The average Bonchev–Trinajstić information content (AvgIpc) is 1.62. The highest BCUT2D eigenvalue weighted by atomic mass is 32.1. The summed E-state index contributed by atoms with van der Waals surface area (Å²) in [7, 11) is 0. The van der Waals surface area contributed by atoms with Crippen LogP contribution in [0.3, 0.4) is 0 Å². The second-order valence-corrected chi connectivity index (χ2v) is 58.9. The van der Waals surface area contributed by atoms with Crippen LogP contribution < -0.4 is 0 Å². The van der Waals surface area contributed by atoms with Crippen LogP contribution in [0.4, 0.5) is 0 Å². The highest BCUT2D eigenvalue weighted by Crippen LogP contribution is 2.45. The number of morpholine rings is 1. The van der Waals surface area contributed by atoms with Crippen LogP contribution in [0.25, 0.3) is 0 Å². The Labute approximate surface area is 814 Å². The lowest BCUT2D eigenvalue weighted by Gasteiger charge is -2.40. The Morgan fingerprint density at radius 1 is 0.326 bits per heavy atom. The highest BCUT2D eigenvalue weighted by molar-refractivity contribution is 7.13. The smallest absolute Gasteiger partial charge is 0.200 e. The molecule has 0 aliphatic carbocycles. The maximum absolute atomic E-state index is 5.83. The third-order valence-electron chi connectivity index (χ3n) is 21.8. The lowest BCUT2D eigenvalue weighted by molar-refractivity contribution is -0.0494. The minimum atomic E-state index is -0.00569. The third kappa shape index (κ3) is 38.9. The minimum absolute atomic E-state index is 0.00569. The molecule has 2 N–H and O–H groups in total. The van der Waals surface area contributed by atoms with E-state index in [4.69, 9.17) is 23.6 Å². The van der Waals surface area contributed by atoms with Crippen LogP contribution in [0.15, 0.2) is 8.94 Å².